The summed E-state index contributed by atoms with van der Waals surface area (Å²) in [6.07, 6.45) is 2.91. The van der Waals surface area contributed by atoms with E-state index in [1.807, 2.05) is 0 Å². The molecule has 4 nitrogen and oxygen atoms in total. The second-order valence-corrected chi connectivity index (χ2v) is 2.03. The fourth-order valence-corrected chi connectivity index (χ4v) is 0.603. The number of nitrogens with zero attached hydrogens (tertiary/aromatic N) is 2. The Morgan fingerprint density at radius 2 is 2.18 bits per heavy atom. The van der Waals surface area contributed by atoms with Gasteiger partial charge in [-0.05, 0) is 6.92 Å². The van der Waals surface area contributed by atoms with Crippen molar-refractivity contribution in [1.29, 1.82) is 0 Å². The number of carbonyl (C=O) groups excluding carboxylic acids is 1. The van der Waals surface area contributed by atoms with Crippen LogP contribution in [0.25, 0.3) is 0 Å². The number of esters is 1. The zero-order chi connectivity index (χ0) is 8.27. The first-order valence-corrected chi connectivity index (χ1v) is 3.11. The maximum absolute atomic E-state index is 10.8. The van der Waals surface area contributed by atoms with Crippen molar-refractivity contribution in [3.63, 3.8) is 0 Å². The normalized spacial score (nSPS) is 9.27. The topological polar surface area (TPSA) is 52.1 Å². The molecule has 4 heteroatoms. The Morgan fingerprint density at radius 1 is 1.45 bits per heavy atom. The molecule has 0 N–H and O–H groups in total. The lowest BCUT2D eigenvalue weighted by molar-refractivity contribution is 0.0593. The minimum Gasteiger partial charge on any atom is -0.464 e. The third-order valence-corrected chi connectivity index (χ3v) is 1.18. The highest BCUT2D eigenvalue weighted by Crippen LogP contribution is 1.94. The molecule has 0 aromatic carbocycles. The van der Waals surface area contributed by atoms with Gasteiger partial charge in [0.15, 0.2) is 5.69 Å². The number of aromatic nitrogens is 2. The first kappa shape index (κ1) is 7.65. The van der Waals surface area contributed by atoms with Crippen molar-refractivity contribution in [2.45, 2.75) is 6.92 Å². The number of methoxy groups -OCH3 is 1. The minimum atomic E-state index is -0.461. The van der Waals surface area contributed by atoms with Crippen LogP contribution in [0.15, 0.2) is 12.4 Å². The molecule has 1 aromatic rings. The molecule has 1 heterocycles. The lowest BCUT2D eigenvalue weighted by atomic mass is 10.4. The zero-order valence-electron chi connectivity index (χ0n) is 6.37. The number of rotatable bonds is 1. The van der Waals surface area contributed by atoms with Gasteiger partial charge in [-0.1, -0.05) is 0 Å². The molecule has 58 valence electrons. The SMILES string of the molecule is COC(=O)c1cnc(C)cn1. The van der Waals surface area contributed by atoms with Crippen LogP contribution in [0.3, 0.4) is 0 Å². The predicted octanol–water partition coefficient (Wildman–Crippen LogP) is 0.572. The fourth-order valence-electron chi connectivity index (χ4n) is 0.603. The van der Waals surface area contributed by atoms with E-state index in [0.29, 0.717) is 0 Å². The average Bonchev–Trinajstić information content (AvgIpc) is 2.05. The molecule has 0 amide bonds. The smallest absolute Gasteiger partial charge is 0.358 e. The molecule has 0 saturated carbocycles. The summed E-state index contributed by atoms with van der Waals surface area (Å²) in [5.41, 5.74) is 1.01. The monoisotopic (exact) mass is 152 g/mol. The number of hydrogen-bond donors (Lipinski definition) is 0. The lowest BCUT2D eigenvalue weighted by Gasteiger charge is -1.96. The van der Waals surface area contributed by atoms with Crippen LogP contribution in [0.4, 0.5) is 0 Å². The van der Waals surface area contributed by atoms with Crippen LogP contribution in [0, 0.1) is 6.92 Å². The third-order valence-electron chi connectivity index (χ3n) is 1.18. The summed E-state index contributed by atoms with van der Waals surface area (Å²) in [4.78, 5) is 18.5. The second-order valence-electron chi connectivity index (χ2n) is 2.03. The Kier molecular flexibility index (Phi) is 2.15. The molecule has 0 unspecified atom stereocenters. The molecule has 0 radical (unpaired) electrons. The molecule has 0 aliphatic carbocycles. The fraction of sp³-hybridized carbons (Fsp3) is 0.286. The maximum atomic E-state index is 10.8. The van der Waals surface area contributed by atoms with E-state index in [4.69, 9.17) is 0 Å². The van der Waals surface area contributed by atoms with Gasteiger partial charge in [-0.15, -0.1) is 0 Å². The van der Waals surface area contributed by atoms with Crippen LogP contribution in [0.2, 0.25) is 0 Å². The maximum Gasteiger partial charge on any atom is 0.358 e. The summed E-state index contributed by atoms with van der Waals surface area (Å²) in [6, 6.07) is 0. The molecule has 0 atom stereocenters. The number of ether oxygens (including phenoxy) is 1. The first-order valence-electron chi connectivity index (χ1n) is 3.11. The molecular formula is C7H8N2O2. The Balaban J connectivity index is 2.90. The van der Waals surface area contributed by atoms with Crippen molar-refractivity contribution in [3.05, 3.63) is 23.8 Å². The largest absolute Gasteiger partial charge is 0.464 e. The van der Waals surface area contributed by atoms with Gasteiger partial charge in [0.2, 0.25) is 0 Å². The van der Waals surface area contributed by atoms with Gasteiger partial charge in [0.25, 0.3) is 0 Å². The predicted molar refractivity (Wildman–Crippen MR) is 38.1 cm³/mol. The number of carbonyl (C=O) groups is 1. The standard InChI is InChI=1S/C7H8N2O2/c1-5-3-9-6(4-8-5)7(10)11-2/h3-4H,1-2H3. The quantitative estimate of drug-likeness (QED) is 0.552. The highest BCUT2D eigenvalue weighted by molar-refractivity contribution is 5.86. The van der Waals surface area contributed by atoms with E-state index in [1.165, 1.54) is 19.5 Å². The van der Waals surface area contributed by atoms with Crippen LogP contribution in [0.5, 0.6) is 0 Å². The summed E-state index contributed by atoms with van der Waals surface area (Å²) >= 11 is 0. The van der Waals surface area contributed by atoms with E-state index in [2.05, 4.69) is 14.7 Å². The molecule has 0 aliphatic heterocycles. The van der Waals surface area contributed by atoms with Gasteiger partial charge < -0.3 is 4.74 Å². The van der Waals surface area contributed by atoms with Gasteiger partial charge in [0, 0.05) is 6.20 Å². The first-order chi connectivity index (χ1) is 5.24. The van der Waals surface area contributed by atoms with E-state index >= 15 is 0 Å². The van der Waals surface area contributed by atoms with E-state index in [1.54, 1.807) is 6.92 Å². The third kappa shape index (κ3) is 1.73. The molecule has 1 aromatic heterocycles. The van der Waals surface area contributed by atoms with Gasteiger partial charge in [-0.25, -0.2) is 9.78 Å². The molecule has 1 rings (SSSR count). The van der Waals surface area contributed by atoms with Crippen molar-refractivity contribution in [2.75, 3.05) is 7.11 Å². The van der Waals surface area contributed by atoms with Crippen molar-refractivity contribution in [2.24, 2.45) is 0 Å². The Morgan fingerprint density at radius 3 is 2.64 bits per heavy atom. The highest BCUT2D eigenvalue weighted by atomic mass is 16.5. The van der Waals surface area contributed by atoms with E-state index in [0.717, 1.165) is 5.69 Å². The van der Waals surface area contributed by atoms with Crippen LogP contribution >= 0.6 is 0 Å². The van der Waals surface area contributed by atoms with Gasteiger partial charge in [-0.3, -0.25) is 4.98 Å². The van der Waals surface area contributed by atoms with E-state index in [9.17, 15) is 4.79 Å². The Labute approximate surface area is 64.2 Å². The second kappa shape index (κ2) is 3.09. The highest BCUT2D eigenvalue weighted by Gasteiger charge is 2.05. The van der Waals surface area contributed by atoms with Crippen molar-refractivity contribution in [3.8, 4) is 0 Å². The van der Waals surface area contributed by atoms with Crippen LogP contribution in [0.1, 0.15) is 16.2 Å². The average molecular weight is 152 g/mol. The van der Waals surface area contributed by atoms with E-state index < -0.39 is 5.97 Å². The molecule has 11 heavy (non-hydrogen) atoms. The molecule has 0 aliphatic rings. The van der Waals surface area contributed by atoms with Gasteiger partial charge in [-0.2, -0.15) is 0 Å². The molecule has 0 spiro atoms. The van der Waals surface area contributed by atoms with Crippen molar-refractivity contribution in [1.82, 2.24) is 9.97 Å². The molecular weight excluding hydrogens is 144 g/mol. The summed E-state index contributed by atoms with van der Waals surface area (Å²) in [6.45, 7) is 1.80. The number of aryl methyl sites for hydroxylation is 1. The van der Waals surface area contributed by atoms with E-state index in [-0.39, 0.29) is 5.69 Å². The van der Waals surface area contributed by atoms with Crippen LogP contribution in [-0.4, -0.2) is 23.0 Å². The Hall–Kier alpha value is -1.45. The summed E-state index contributed by atoms with van der Waals surface area (Å²) in [7, 11) is 1.31. The summed E-state index contributed by atoms with van der Waals surface area (Å²) in [5, 5.41) is 0. The molecule has 0 saturated heterocycles. The van der Waals surface area contributed by atoms with Gasteiger partial charge in [0.1, 0.15) is 0 Å². The van der Waals surface area contributed by atoms with Crippen LogP contribution in [-0.2, 0) is 4.74 Å². The molecule has 0 fully saturated rings. The van der Waals surface area contributed by atoms with Gasteiger partial charge >= 0.3 is 5.97 Å². The Bertz CT molecular complexity index is 256. The van der Waals surface area contributed by atoms with Crippen molar-refractivity contribution >= 4 is 5.97 Å². The lowest BCUT2D eigenvalue weighted by Crippen LogP contribution is -2.04. The summed E-state index contributed by atoms with van der Waals surface area (Å²) in [5.74, 6) is -0.461. The number of hydrogen-bond acceptors (Lipinski definition) is 4. The zero-order valence-corrected chi connectivity index (χ0v) is 6.37. The minimum absolute atomic E-state index is 0.234. The van der Waals surface area contributed by atoms with Crippen LogP contribution < -0.4 is 0 Å². The van der Waals surface area contributed by atoms with Gasteiger partial charge in [0.05, 0.1) is 19.0 Å². The molecule has 0 bridgehead atoms. The van der Waals surface area contributed by atoms with Crippen molar-refractivity contribution < 1.29 is 9.53 Å². The summed E-state index contributed by atoms with van der Waals surface area (Å²) < 4.78 is 4.43.